The molecule has 9 rings (SSSR count). The first-order chi connectivity index (χ1) is 26.1. The number of carboxylic acids is 1. The quantitative estimate of drug-likeness (QED) is 0.144. The van der Waals surface area contributed by atoms with Gasteiger partial charge < -0.3 is 56.8 Å². The van der Waals surface area contributed by atoms with Gasteiger partial charge in [0, 0.05) is 25.8 Å². The van der Waals surface area contributed by atoms with Crippen LogP contribution in [0.1, 0.15) is 44.1 Å². The fourth-order valence-corrected chi connectivity index (χ4v) is 10.1. The normalized spacial score (nSPS) is 39.4. The first-order valence-electron chi connectivity index (χ1n) is 18.3. The lowest BCUT2D eigenvalue weighted by Gasteiger charge is -2.52. The Labute approximate surface area is 312 Å². The van der Waals surface area contributed by atoms with E-state index in [0.717, 1.165) is 0 Å². The van der Waals surface area contributed by atoms with Gasteiger partial charge in [0.1, 0.15) is 58.1 Å². The summed E-state index contributed by atoms with van der Waals surface area (Å²) in [5, 5.41) is 35.7. The van der Waals surface area contributed by atoms with Crippen LogP contribution in [0.4, 0.5) is 0 Å². The predicted molar refractivity (Wildman–Crippen MR) is 181 cm³/mol. The lowest BCUT2D eigenvalue weighted by molar-refractivity contribution is -0.163. The molecule has 0 unspecified atom stereocenters. The molecule has 9 atom stereocenters. The summed E-state index contributed by atoms with van der Waals surface area (Å²) in [6.07, 6.45) is -0.0717. The van der Waals surface area contributed by atoms with E-state index in [9.17, 15) is 53.4 Å². The zero-order valence-electron chi connectivity index (χ0n) is 29.4. The SMILES string of the molecule is O=C(O)[C@@H]1CC[C@@]2(CN1)NC(=O)[C@@H]1C[C@@]3(CN1C2=O)NC(=O)[C@@H]1C[C@@]2(CN1C3=O)NC(=O)[C@@H]1CC[C@@]3(CN1C2=O)NC(=O)[C@H](Cc1ccc(O)cc1)NC3=O. The second kappa shape index (κ2) is 11.6. The third-order valence-electron chi connectivity index (χ3n) is 13.0. The number of fused-ring (bicyclic) bond motifs is 3. The van der Waals surface area contributed by atoms with E-state index in [4.69, 9.17) is 0 Å². The molecule has 0 aromatic heterocycles. The molecule has 8 saturated heterocycles. The van der Waals surface area contributed by atoms with Gasteiger partial charge in [-0.1, -0.05) is 12.1 Å². The van der Waals surface area contributed by atoms with Crippen molar-refractivity contribution in [2.45, 2.75) is 97.3 Å². The average Bonchev–Trinajstić information content (AvgIpc) is 3.74. The van der Waals surface area contributed by atoms with Crippen LogP contribution in [0, 0.1) is 0 Å². The number of aromatic hydroxyl groups is 1. The summed E-state index contributed by atoms with van der Waals surface area (Å²) in [6.45, 7) is -1.15. The van der Waals surface area contributed by atoms with Gasteiger partial charge in [0.25, 0.3) is 11.8 Å². The molecule has 0 radical (unpaired) electrons. The van der Waals surface area contributed by atoms with Crippen LogP contribution in [0.25, 0.3) is 0 Å². The molecule has 8 aliphatic rings. The minimum atomic E-state index is -1.73. The number of nitrogens with zero attached hydrogens (tertiary/aromatic N) is 3. The van der Waals surface area contributed by atoms with E-state index in [-0.39, 0.29) is 76.9 Å². The van der Waals surface area contributed by atoms with Crippen molar-refractivity contribution in [3.63, 3.8) is 0 Å². The highest BCUT2D eigenvalue weighted by atomic mass is 16.4. The number of hydrogen-bond donors (Lipinski definition) is 8. The van der Waals surface area contributed by atoms with E-state index in [1.807, 2.05) is 0 Å². The molecule has 55 heavy (non-hydrogen) atoms. The molecule has 8 heterocycles. The summed E-state index contributed by atoms with van der Waals surface area (Å²) in [6, 6.07) is 1.18. The summed E-state index contributed by atoms with van der Waals surface area (Å²) in [5.74, 6) is -5.46. The molecule has 8 fully saturated rings. The van der Waals surface area contributed by atoms with Crippen molar-refractivity contribution in [2.24, 2.45) is 0 Å². The zero-order chi connectivity index (χ0) is 38.8. The number of hydrogen-bond acceptors (Lipinski definition) is 11. The van der Waals surface area contributed by atoms with Gasteiger partial charge in [-0.25, -0.2) is 0 Å². The maximum absolute atomic E-state index is 14.5. The number of carbonyl (C=O) groups excluding carboxylic acids is 8. The van der Waals surface area contributed by atoms with E-state index in [2.05, 4.69) is 31.9 Å². The first-order valence-corrected chi connectivity index (χ1v) is 18.3. The van der Waals surface area contributed by atoms with Crippen molar-refractivity contribution in [3.8, 4) is 5.75 Å². The molecule has 20 nitrogen and oxygen atoms in total. The molecule has 0 aliphatic carbocycles. The molecular formula is C35H39N9O11. The number of aliphatic carboxylic acids is 1. The molecule has 8 N–H and O–H groups in total. The van der Waals surface area contributed by atoms with Crippen molar-refractivity contribution in [2.75, 3.05) is 26.2 Å². The fraction of sp³-hybridized carbons (Fsp3) is 0.571. The average molecular weight is 762 g/mol. The highest BCUT2D eigenvalue weighted by molar-refractivity contribution is 6.09. The van der Waals surface area contributed by atoms with Crippen molar-refractivity contribution in [1.82, 2.24) is 46.6 Å². The van der Waals surface area contributed by atoms with Gasteiger partial charge in [0.15, 0.2) is 0 Å². The second-order valence-electron chi connectivity index (χ2n) is 16.3. The van der Waals surface area contributed by atoms with E-state index in [0.29, 0.717) is 5.56 Å². The van der Waals surface area contributed by atoms with Gasteiger partial charge in [-0.05, 0) is 43.4 Å². The van der Waals surface area contributed by atoms with E-state index < -0.39 is 106 Å². The molecular weight excluding hydrogens is 722 g/mol. The van der Waals surface area contributed by atoms with Crippen LogP contribution in [0.5, 0.6) is 5.75 Å². The molecule has 0 bridgehead atoms. The number of benzene rings is 1. The van der Waals surface area contributed by atoms with Crippen LogP contribution in [0.3, 0.4) is 0 Å². The topological polar surface area (TPSA) is 276 Å². The summed E-state index contributed by atoms with van der Waals surface area (Å²) in [5.41, 5.74) is -5.68. The highest BCUT2D eigenvalue weighted by Crippen LogP contribution is 2.43. The standard InChI is InChI=1S/C35H39N9O11/c45-17-3-1-16(2-4-17)9-19-23(46)38-33(28(52)37-19)8-6-20-24(47)40-34(30(54)42(20)13-33)11-22-26(49)41-35(31(55)44(22)15-34)10-21-25(48)39-32(29(53)43(21)14-35)7-5-18(27(50)51)36-12-32/h1-4,18-22,36,45H,5-15H2,(H,37,52)(H,38,46)(H,39,48)(H,40,47)(H,41,49)(H,50,51)/t18-,19-,20-,21-,22-,32-,33-,34-,35-/m0/s1. The van der Waals surface area contributed by atoms with Gasteiger partial charge >= 0.3 is 5.97 Å². The Morgan fingerprint density at radius 1 is 0.655 bits per heavy atom. The van der Waals surface area contributed by atoms with E-state index in [1.165, 1.54) is 26.8 Å². The summed E-state index contributed by atoms with van der Waals surface area (Å²) in [7, 11) is 0. The Morgan fingerprint density at radius 3 is 1.71 bits per heavy atom. The minimum Gasteiger partial charge on any atom is -0.508 e. The van der Waals surface area contributed by atoms with E-state index in [1.54, 1.807) is 12.1 Å². The molecule has 20 heteroatoms. The zero-order valence-corrected chi connectivity index (χ0v) is 29.4. The summed E-state index contributed by atoms with van der Waals surface area (Å²) < 4.78 is 0. The lowest BCUT2D eigenvalue weighted by atomic mass is 9.78. The van der Waals surface area contributed by atoms with Crippen LogP contribution >= 0.6 is 0 Å². The lowest BCUT2D eigenvalue weighted by Crippen LogP contribution is -2.80. The van der Waals surface area contributed by atoms with Gasteiger partial charge in [0.05, 0.1) is 19.6 Å². The first kappa shape index (κ1) is 34.9. The molecule has 1 aromatic rings. The molecule has 4 spiro atoms. The van der Waals surface area contributed by atoms with Gasteiger partial charge in [-0.2, -0.15) is 0 Å². The van der Waals surface area contributed by atoms with Crippen LogP contribution in [-0.2, 0) is 49.6 Å². The summed E-state index contributed by atoms with van der Waals surface area (Å²) >= 11 is 0. The second-order valence-corrected chi connectivity index (χ2v) is 16.3. The van der Waals surface area contributed by atoms with E-state index >= 15 is 0 Å². The number of phenols is 1. The Morgan fingerprint density at radius 2 is 1.15 bits per heavy atom. The molecule has 8 amide bonds. The van der Waals surface area contributed by atoms with Crippen LogP contribution < -0.4 is 31.9 Å². The molecule has 8 aliphatic heterocycles. The maximum atomic E-state index is 14.5. The third-order valence-corrected chi connectivity index (χ3v) is 13.0. The number of phenolic OH excluding ortho intramolecular Hbond substituents is 1. The van der Waals surface area contributed by atoms with Gasteiger partial charge in [0.2, 0.25) is 35.4 Å². The highest BCUT2D eigenvalue weighted by Gasteiger charge is 2.69. The number of rotatable bonds is 3. The monoisotopic (exact) mass is 761 g/mol. The fourth-order valence-electron chi connectivity index (χ4n) is 10.1. The van der Waals surface area contributed by atoms with Crippen molar-refractivity contribution in [3.05, 3.63) is 29.8 Å². The number of piperidine rings is 2. The van der Waals surface area contributed by atoms with Gasteiger partial charge in [-0.3, -0.25) is 43.2 Å². The molecule has 290 valence electrons. The number of nitrogens with one attached hydrogen (secondary N) is 6. The Kier molecular flexibility index (Phi) is 7.38. The molecule has 1 aromatic carbocycles. The Hall–Kier alpha value is -5.79. The smallest absolute Gasteiger partial charge is 0.320 e. The number of amides is 8. The van der Waals surface area contributed by atoms with Crippen molar-refractivity contribution >= 4 is 53.2 Å². The Bertz CT molecular complexity index is 2000. The number of piperazine rings is 4. The summed E-state index contributed by atoms with van der Waals surface area (Å²) in [4.78, 5) is 126. The van der Waals surface area contributed by atoms with Crippen molar-refractivity contribution in [1.29, 1.82) is 0 Å². The predicted octanol–water partition coefficient (Wildman–Crippen LogP) is -5.08. The van der Waals surface area contributed by atoms with Crippen LogP contribution in [0.2, 0.25) is 0 Å². The van der Waals surface area contributed by atoms with Gasteiger partial charge in [-0.15, -0.1) is 0 Å². The van der Waals surface area contributed by atoms with Crippen molar-refractivity contribution < 1.29 is 53.4 Å². The minimum absolute atomic E-state index is 0.0531. The maximum Gasteiger partial charge on any atom is 0.320 e. The Balaban J connectivity index is 0.924. The third kappa shape index (κ3) is 5.02. The van der Waals surface area contributed by atoms with Crippen LogP contribution in [0.15, 0.2) is 24.3 Å². The number of carbonyl (C=O) groups is 9. The molecule has 0 saturated carbocycles. The van der Waals surface area contributed by atoms with Crippen LogP contribution in [-0.4, -0.2) is 157 Å². The largest absolute Gasteiger partial charge is 0.508 e. The number of carboxylic acid groups (broad SMARTS) is 1.